The monoisotopic (exact) mass is 233 g/mol. The van der Waals surface area contributed by atoms with Crippen molar-refractivity contribution in [2.24, 2.45) is 11.8 Å². The lowest BCUT2D eigenvalue weighted by molar-refractivity contribution is -0.142. The third-order valence-corrected chi connectivity index (χ3v) is 3.99. The third kappa shape index (κ3) is 1.48. The number of unbranched alkanes of at least 4 members (excludes halogenated alkanes) is 1. The van der Waals surface area contributed by atoms with E-state index in [-0.39, 0.29) is 35.9 Å². The largest absolute Gasteiger partial charge is 0.365 e. The molecule has 0 N–H and O–H groups in total. The number of nitrogens with zero attached hydrogens (tertiary/aromatic N) is 1. The minimum absolute atomic E-state index is 0.0204. The lowest BCUT2D eigenvalue weighted by Crippen LogP contribution is -2.35. The highest BCUT2D eigenvalue weighted by atomic mass is 16.5. The molecule has 0 aliphatic carbocycles. The van der Waals surface area contributed by atoms with Crippen LogP contribution in [-0.2, 0) is 14.3 Å². The number of imide groups is 1. The molecular weight excluding hydrogens is 217 g/mol. The summed E-state index contributed by atoms with van der Waals surface area (Å²) < 4.78 is 5.57. The number of likely N-dealkylation sites (tertiary alicyclic amines) is 1. The molecule has 3 aliphatic rings. The van der Waals surface area contributed by atoms with Crippen LogP contribution in [0.1, 0.15) is 12.8 Å². The third-order valence-electron chi connectivity index (χ3n) is 3.99. The molecule has 0 aromatic rings. The first kappa shape index (κ1) is 11.0. The second-order valence-corrected chi connectivity index (χ2v) is 5.04. The van der Waals surface area contributed by atoms with Crippen LogP contribution in [0.2, 0.25) is 6.32 Å². The Morgan fingerprint density at radius 2 is 1.71 bits per heavy atom. The van der Waals surface area contributed by atoms with Gasteiger partial charge in [0.25, 0.3) is 0 Å². The van der Waals surface area contributed by atoms with Gasteiger partial charge < -0.3 is 4.74 Å². The first-order valence-electron chi connectivity index (χ1n) is 6.43. The fourth-order valence-corrected chi connectivity index (χ4v) is 3.11. The fourth-order valence-electron chi connectivity index (χ4n) is 3.11. The van der Waals surface area contributed by atoms with E-state index in [4.69, 9.17) is 4.74 Å². The molecule has 17 heavy (non-hydrogen) atoms. The van der Waals surface area contributed by atoms with Crippen LogP contribution in [0.15, 0.2) is 12.2 Å². The van der Waals surface area contributed by atoms with Crippen LogP contribution < -0.4 is 0 Å². The SMILES string of the molecule is BCCCCN1C(=O)C2C3C=CC(O3)C2C1=O. The number of hydrogen-bond donors (Lipinski definition) is 0. The van der Waals surface area contributed by atoms with Crippen molar-refractivity contribution in [3.8, 4) is 0 Å². The van der Waals surface area contributed by atoms with E-state index in [1.54, 1.807) is 0 Å². The molecule has 0 spiro atoms. The summed E-state index contributed by atoms with van der Waals surface area (Å²) in [6.07, 6.45) is 6.61. The molecule has 2 fully saturated rings. The van der Waals surface area contributed by atoms with Crippen molar-refractivity contribution in [2.75, 3.05) is 6.54 Å². The zero-order chi connectivity index (χ0) is 12.0. The average Bonchev–Trinajstić information content (AvgIpc) is 2.97. The molecule has 2 saturated heterocycles. The van der Waals surface area contributed by atoms with Crippen molar-refractivity contribution in [3.63, 3.8) is 0 Å². The van der Waals surface area contributed by atoms with Gasteiger partial charge in [0.2, 0.25) is 11.8 Å². The van der Waals surface area contributed by atoms with E-state index < -0.39 is 0 Å². The van der Waals surface area contributed by atoms with Crippen molar-refractivity contribution in [1.82, 2.24) is 4.90 Å². The molecule has 2 bridgehead atoms. The summed E-state index contributed by atoms with van der Waals surface area (Å²) in [6.45, 7) is 0.581. The van der Waals surface area contributed by atoms with Gasteiger partial charge in [-0.15, -0.1) is 0 Å². The zero-order valence-electron chi connectivity index (χ0n) is 9.96. The van der Waals surface area contributed by atoms with Crippen LogP contribution in [-0.4, -0.2) is 43.3 Å². The topological polar surface area (TPSA) is 46.6 Å². The molecule has 3 heterocycles. The Labute approximate surface area is 101 Å². The quantitative estimate of drug-likeness (QED) is 0.291. The van der Waals surface area contributed by atoms with Gasteiger partial charge in [0, 0.05) is 6.54 Å². The van der Waals surface area contributed by atoms with Crippen molar-refractivity contribution in [2.45, 2.75) is 31.4 Å². The number of hydrogen-bond acceptors (Lipinski definition) is 3. The predicted octanol–water partition coefficient (Wildman–Crippen LogP) is -0.244. The molecular formula is C12H16BNO3. The highest BCUT2D eigenvalue weighted by Crippen LogP contribution is 2.44. The highest BCUT2D eigenvalue weighted by molar-refractivity contribution is 6.08. The minimum Gasteiger partial charge on any atom is -0.365 e. The summed E-state index contributed by atoms with van der Waals surface area (Å²) in [5.74, 6) is -0.515. The maximum absolute atomic E-state index is 12.2. The average molecular weight is 233 g/mol. The summed E-state index contributed by atoms with van der Waals surface area (Å²) in [5, 5.41) is 0. The van der Waals surface area contributed by atoms with Gasteiger partial charge in [-0.25, -0.2) is 0 Å². The summed E-state index contributed by atoms with van der Waals surface area (Å²) >= 11 is 0. The molecule has 90 valence electrons. The van der Waals surface area contributed by atoms with Crippen LogP contribution >= 0.6 is 0 Å². The molecule has 3 aliphatic heterocycles. The second kappa shape index (κ2) is 3.98. The molecule has 3 rings (SSSR count). The van der Waals surface area contributed by atoms with Gasteiger partial charge in [0.1, 0.15) is 7.85 Å². The Bertz CT molecular complexity index is 365. The molecule has 0 radical (unpaired) electrons. The van der Waals surface area contributed by atoms with Crippen molar-refractivity contribution in [1.29, 1.82) is 0 Å². The maximum atomic E-state index is 12.2. The van der Waals surface area contributed by atoms with Crippen LogP contribution in [0.3, 0.4) is 0 Å². The predicted molar refractivity (Wildman–Crippen MR) is 64.1 cm³/mol. The molecule has 0 aromatic heterocycles. The number of carbonyl (C=O) groups is 2. The summed E-state index contributed by atoms with van der Waals surface area (Å²) in [6, 6.07) is 0. The summed E-state index contributed by atoms with van der Waals surface area (Å²) in [4.78, 5) is 25.8. The van der Waals surface area contributed by atoms with E-state index >= 15 is 0 Å². The van der Waals surface area contributed by atoms with Crippen LogP contribution in [0.4, 0.5) is 0 Å². The smallest absolute Gasteiger partial charge is 0.236 e. The molecule has 5 heteroatoms. The van der Waals surface area contributed by atoms with E-state index in [0.717, 1.165) is 19.2 Å². The number of amides is 2. The molecule has 4 atom stereocenters. The molecule has 0 aromatic carbocycles. The second-order valence-electron chi connectivity index (χ2n) is 5.04. The summed E-state index contributed by atoms with van der Waals surface area (Å²) in [5.41, 5.74) is 0. The lowest BCUT2D eigenvalue weighted by Gasteiger charge is -2.17. The molecule has 0 saturated carbocycles. The first-order valence-corrected chi connectivity index (χ1v) is 6.43. The van der Waals surface area contributed by atoms with Gasteiger partial charge in [-0.2, -0.15) is 0 Å². The summed E-state index contributed by atoms with van der Waals surface area (Å²) in [7, 11) is 2.11. The van der Waals surface area contributed by atoms with E-state index in [1.807, 2.05) is 12.2 Å². The van der Waals surface area contributed by atoms with E-state index in [9.17, 15) is 9.59 Å². The standard InChI is InChI=1S/C12H16BNO3/c13-5-1-2-6-14-11(15)9-7-3-4-8(17-7)10(9)12(14)16/h3-4,7-10H,1-2,5-6,13H2. The van der Waals surface area contributed by atoms with Crippen LogP contribution in [0.25, 0.3) is 0 Å². The Morgan fingerprint density at radius 3 is 2.24 bits per heavy atom. The van der Waals surface area contributed by atoms with E-state index in [1.165, 1.54) is 4.90 Å². The molecule has 2 amide bonds. The Morgan fingerprint density at radius 1 is 1.12 bits per heavy atom. The molecule has 4 nitrogen and oxygen atoms in total. The Kier molecular flexibility index (Phi) is 2.58. The zero-order valence-corrected chi connectivity index (χ0v) is 9.96. The van der Waals surface area contributed by atoms with Gasteiger partial charge >= 0.3 is 0 Å². The number of rotatable bonds is 4. The van der Waals surface area contributed by atoms with Crippen molar-refractivity contribution >= 4 is 19.7 Å². The number of ether oxygens (including phenoxy) is 1. The van der Waals surface area contributed by atoms with Crippen LogP contribution in [0.5, 0.6) is 0 Å². The van der Waals surface area contributed by atoms with Gasteiger partial charge in [-0.1, -0.05) is 24.9 Å². The van der Waals surface area contributed by atoms with E-state index in [2.05, 4.69) is 7.85 Å². The fraction of sp³-hybridized carbons (Fsp3) is 0.667. The van der Waals surface area contributed by atoms with Gasteiger partial charge in [0.15, 0.2) is 0 Å². The first-order chi connectivity index (χ1) is 8.24. The molecule has 4 unspecified atom stereocenters. The highest BCUT2D eigenvalue weighted by Gasteiger charge is 2.60. The Hall–Kier alpha value is -1.10. The van der Waals surface area contributed by atoms with Gasteiger partial charge in [-0.05, 0) is 6.42 Å². The maximum Gasteiger partial charge on any atom is 0.236 e. The lowest BCUT2D eigenvalue weighted by atomic mass is 9.85. The number of fused-ring (bicyclic) bond motifs is 5. The van der Waals surface area contributed by atoms with Gasteiger partial charge in [0.05, 0.1) is 24.0 Å². The van der Waals surface area contributed by atoms with Crippen molar-refractivity contribution in [3.05, 3.63) is 12.2 Å². The minimum atomic E-state index is -0.237. The van der Waals surface area contributed by atoms with Crippen LogP contribution in [0, 0.1) is 11.8 Å². The van der Waals surface area contributed by atoms with E-state index in [0.29, 0.717) is 6.54 Å². The number of carbonyl (C=O) groups excluding carboxylic acids is 2. The Balaban J connectivity index is 1.74. The van der Waals surface area contributed by atoms with Crippen molar-refractivity contribution < 1.29 is 14.3 Å². The normalized spacial score (nSPS) is 38.2. The van der Waals surface area contributed by atoms with Gasteiger partial charge in [-0.3, -0.25) is 14.5 Å².